The van der Waals surface area contributed by atoms with E-state index in [1.807, 2.05) is 11.8 Å². The van der Waals surface area contributed by atoms with Gasteiger partial charge in [0.25, 0.3) is 0 Å². The van der Waals surface area contributed by atoms with E-state index in [2.05, 4.69) is 5.32 Å². The molecular formula is C16H21F3N2. The maximum absolute atomic E-state index is 13.3. The van der Waals surface area contributed by atoms with Crippen LogP contribution in [0, 0.1) is 0 Å². The first-order valence-corrected chi connectivity index (χ1v) is 7.59. The first kappa shape index (κ1) is 14.7. The topological polar surface area (TPSA) is 15.3 Å². The summed E-state index contributed by atoms with van der Waals surface area (Å²) >= 11 is 0. The van der Waals surface area contributed by atoms with E-state index in [0.717, 1.165) is 32.2 Å². The second kappa shape index (κ2) is 5.20. The third kappa shape index (κ3) is 2.76. The van der Waals surface area contributed by atoms with Crippen LogP contribution in [0.25, 0.3) is 0 Å². The monoisotopic (exact) mass is 298 g/mol. The summed E-state index contributed by atoms with van der Waals surface area (Å²) in [7, 11) is 0. The van der Waals surface area contributed by atoms with Crippen molar-refractivity contribution >= 4 is 5.69 Å². The van der Waals surface area contributed by atoms with Gasteiger partial charge in [0.05, 0.1) is 5.56 Å². The van der Waals surface area contributed by atoms with E-state index in [1.165, 1.54) is 12.1 Å². The second-order valence-corrected chi connectivity index (χ2v) is 6.36. The Morgan fingerprint density at radius 1 is 1.19 bits per heavy atom. The molecule has 2 nitrogen and oxygen atoms in total. The Morgan fingerprint density at radius 3 is 2.52 bits per heavy atom. The van der Waals surface area contributed by atoms with Crippen molar-refractivity contribution < 1.29 is 13.2 Å². The molecule has 1 atom stereocenters. The average molecular weight is 298 g/mol. The van der Waals surface area contributed by atoms with Crippen molar-refractivity contribution in [3.05, 3.63) is 29.8 Å². The third-order valence-electron chi connectivity index (χ3n) is 4.86. The number of nitrogens with one attached hydrogen (secondary N) is 1. The number of halogens is 3. The summed E-state index contributed by atoms with van der Waals surface area (Å²) in [6, 6.07) is 6.02. The van der Waals surface area contributed by atoms with Crippen LogP contribution >= 0.6 is 0 Å². The number of anilines is 1. The summed E-state index contributed by atoms with van der Waals surface area (Å²) < 4.78 is 39.8. The number of piperazine rings is 1. The first-order valence-electron chi connectivity index (χ1n) is 7.59. The van der Waals surface area contributed by atoms with Gasteiger partial charge in [-0.3, -0.25) is 0 Å². The fourth-order valence-electron chi connectivity index (χ4n) is 3.69. The Labute approximate surface area is 123 Å². The van der Waals surface area contributed by atoms with Crippen molar-refractivity contribution in [1.82, 2.24) is 5.32 Å². The molecule has 0 radical (unpaired) electrons. The van der Waals surface area contributed by atoms with Gasteiger partial charge in [-0.1, -0.05) is 25.0 Å². The highest BCUT2D eigenvalue weighted by Gasteiger charge is 2.42. The van der Waals surface area contributed by atoms with Gasteiger partial charge in [0.15, 0.2) is 0 Å². The predicted octanol–water partition coefficient (Wildman–Crippen LogP) is 3.82. The molecule has 1 saturated heterocycles. The van der Waals surface area contributed by atoms with Crippen molar-refractivity contribution in [2.45, 2.75) is 50.4 Å². The fraction of sp³-hybridized carbons (Fsp3) is 0.625. The van der Waals surface area contributed by atoms with Gasteiger partial charge in [-0.05, 0) is 31.9 Å². The number of para-hydroxylation sites is 1. The summed E-state index contributed by atoms with van der Waals surface area (Å²) in [5.41, 5.74) is -0.192. The van der Waals surface area contributed by atoms with Crippen LogP contribution in [0.1, 0.15) is 38.2 Å². The van der Waals surface area contributed by atoms with Crippen LogP contribution in [-0.4, -0.2) is 24.7 Å². The van der Waals surface area contributed by atoms with E-state index in [-0.39, 0.29) is 11.6 Å². The summed E-state index contributed by atoms with van der Waals surface area (Å²) in [5.74, 6) is 0. The van der Waals surface area contributed by atoms with Crippen molar-refractivity contribution in [3.63, 3.8) is 0 Å². The highest BCUT2D eigenvalue weighted by molar-refractivity contribution is 5.56. The molecule has 5 heteroatoms. The minimum Gasteiger partial charge on any atom is -0.365 e. The molecule has 2 fully saturated rings. The number of hydrogen-bond donors (Lipinski definition) is 1. The van der Waals surface area contributed by atoms with Gasteiger partial charge in [0, 0.05) is 30.4 Å². The second-order valence-electron chi connectivity index (χ2n) is 6.36. The van der Waals surface area contributed by atoms with Crippen molar-refractivity contribution in [2.75, 3.05) is 18.0 Å². The van der Waals surface area contributed by atoms with Crippen LogP contribution in [-0.2, 0) is 6.18 Å². The smallest absolute Gasteiger partial charge is 0.365 e. The molecule has 2 aliphatic rings. The zero-order chi connectivity index (χ0) is 15.1. The molecule has 0 amide bonds. The van der Waals surface area contributed by atoms with Crippen LogP contribution in [0.5, 0.6) is 0 Å². The van der Waals surface area contributed by atoms with Crippen LogP contribution in [0.15, 0.2) is 24.3 Å². The van der Waals surface area contributed by atoms with E-state index >= 15 is 0 Å². The van der Waals surface area contributed by atoms with Gasteiger partial charge >= 0.3 is 6.18 Å². The Kier molecular flexibility index (Phi) is 3.64. The number of benzene rings is 1. The normalized spacial score (nSPS) is 25.5. The van der Waals surface area contributed by atoms with Crippen molar-refractivity contribution in [1.29, 1.82) is 0 Å². The summed E-state index contributed by atoms with van der Waals surface area (Å²) in [4.78, 5) is 1.95. The average Bonchev–Trinajstić information content (AvgIpc) is 2.89. The van der Waals surface area contributed by atoms with E-state index in [4.69, 9.17) is 0 Å². The fourth-order valence-corrected chi connectivity index (χ4v) is 3.69. The van der Waals surface area contributed by atoms with E-state index in [0.29, 0.717) is 12.2 Å². The lowest BCUT2D eigenvalue weighted by Crippen LogP contribution is -2.62. The third-order valence-corrected chi connectivity index (χ3v) is 4.86. The molecule has 1 unspecified atom stereocenters. The van der Waals surface area contributed by atoms with Crippen LogP contribution in [0.4, 0.5) is 18.9 Å². The lowest BCUT2D eigenvalue weighted by atomic mass is 9.91. The summed E-state index contributed by atoms with van der Waals surface area (Å²) in [6.45, 7) is 3.40. The van der Waals surface area contributed by atoms with Crippen LogP contribution in [0.2, 0.25) is 0 Å². The SMILES string of the molecule is CC1CNC2(CCCC2)CN1c1ccccc1C(F)(F)F. The quantitative estimate of drug-likeness (QED) is 0.848. The highest BCUT2D eigenvalue weighted by Crippen LogP contribution is 2.40. The molecule has 1 N–H and O–H groups in total. The van der Waals surface area contributed by atoms with E-state index in [9.17, 15) is 13.2 Å². The Bertz CT molecular complexity index is 506. The lowest BCUT2D eigenvalue weighted by Gasteiger charge is -2.47. The minimum absolute atomic E-state index is 0.00518. The summed E-state index contributed by atoms with van der Waals surface area (Å²) in [5, 5.41) is 3.58. The molecule has 0 aromatic heterocycles. The lowest BCUT2D eigenvalue weighted by molar-refractivity contribution is -0.137. The van der Waals surface area contributed by atoms with Gasteiger partial charge in [0.1, 0.15) is 0 Å². The summed E-state index contributed by atoms with van der Waals surface area (Å²) in [6.07, 6.45) is 0.144. The van der Waals surface area contributed by atoms with E-state index < -0.39 is 11.7 Å². The van der Waals surface area contributed by atoms with Gasteiger partial charge < -0.3 is 10.2 Å². The van der Waals surface area contributed by atoms with Crippen molar-refractivity contribution in [3.8, 4) is 0 Å². The minimum atomic E-state index is -4.30. The highest BCUT2D eigenvalue weighted by atomic mass is 19.4. The molecule has 1 aromatic carbocycles. The molecular weight excluding hydrogens is 277 g/mol. The Morgan fingerprint density at radius 2 is 1.86 bits per heavy atom. The maximum Gasteiger partial charge on any atom is 0.418 e. The van der Waals surface area contributed by atoms with Gasteiger partial charge in [-0.15, -0.1) is 0 Å². The van der Waals surface area contributed by atoms with Gasteiger partial charge in [-0.25, -0.2) is 0 Å². The molecule has 1 aliphatic carbocycles. The number of alkyl halides is 3. The standard InChI is InChI=1S/C16H21F3N2/c1-12-10-20-15(8-4-5-9-15)11-21(12)14-7-3-2-6-13(14)16(17,18)19/h2-3,6-7,12,20H,4-5,8-11H2,1H3. The van der Waals surface area contributed by atoms with Crippen LogP contribution in [0.3, 0.4) is 0 Å². The maximum atomic E-state index is 13.3. The Hall–Kier alpha value is -1.23. The van der Waals surface area contributed by atoms with Gasteiger partial charge in [-0.2, -0.15) is 13.2 Å². The van der Waals surface area contributed by atoms with Gasteiger partial charge in [0.2, 0.25) is 0 Å². The molecule has 1 aliphatic heterocycles. The molecule has 116 valence electrons. The number of rotatable bonds is 1. The molecule has 1 saturated carbocycles. The molecule has 1 aromatic rings. The zero-order valence-electron chi connectivity index (χ0n) is 12.2. The number of hydrogen-bond acceptors (Lipinski definition) is 2. The molecule has 3 rings (SSSR count). The number of nitrogens with zero attached hydrogens (tertiary/aromatic N) is 1. The molecule has 0 bridgehead atoms. The Balaban J connectivity index is 1.95. The van der Waals surface area contributed by atoms with Crippen molar-refractivity contribution in [2.24, 2.45) is 0 Å². The molecule has 21 heavy (non-hydrogen) atoms. The predicted molar refractivity (Wildman–Crippen MR) is 77.5 cm³/mol. The largest absolute Gasteiger partial charge is 0.418 e. The first-order chi connectivity index (χ1) is 9.91. The molecule has 1 heterocycles. The molecule has 1 spiro atoms. The zero-order valence-corrected chi connectivity index (χ0v) is 12.2. The van der Waals surface area contributed by atoms with Crippen LogP contribution < -0.4 is 10.2 Å². The van der Waals surface area contributed by atoms with E-state index in [1.54, 1.807) is 12.1 Å².